The summed E-state index contributed by atoms with van der Waals surface area (Å²) < 4.78 is 4.95. The molecule has 0 aliphatic carbocycles. The van der Waals surface area contributed by atoms with Crippen LogP contribution in [0, 0.1) is 0 Å². The zero-order valence-electron chi connectivity index (χ0n) is 8.61. The summed E-state index contributed by atoms with van der Waals surface area (Å²) in [7, 11) is 5.40. The van der Waals surface area contributed by atoms with Crippen LogP contribution in [0.3, 0.4) is 0 Å². The van der Waals surface area contributed by atoms with E-state index in [0.717, 1.165) is 5.82 Å². The number of nitrogens with one attached hydrogen (secondary N) is 1. The van der Waals surface area contributed by atoms with Gasteiger partial charge in [-0.1, -0.05) is 0 Å². The molecular weight excluding hydrogens is 182 g/mol. The summed E-state index contributed by atoms with van der Waals surface area (Å²) in [6, 6.07) is 1.76. The van der Waals surface area contributed by atoms with Gasteiger partial charge in [-0.3, -0.25) is 0 Å². The normalized spacial score (nSPS) is 10.0. The average molecular weight is 197 g/mol. The van der Waals surface area contributed by atoms with Gasteiger partial charge < -0.3 is 15.1 Å². The molecule has 0 spiro atoms. The van der Waals surface area contributed by atoms with Crippen molar-refractivity contribution in [3.8, 4) is 0 Å². The molecule has 78 valence electrons. The number of hydrazine groups is 1. The van der Waals surface area contributed by atoms with E-state index in [4.69, 9.17) is 10.6 Å². The number of hydrogen-bond acceptors (Lipinski definition) is 6. The Kier molecular flexibility index (Phi) is 3.61. The maximum atomic E-state index is 5.28. The predicted octanol–water partition coefficient (Wildman–Crippen LogP) is -0.0254. The first-order chi connectivity index (χ1) is 6.67. The second-order valence-corrected chi connectivity index (χ2v) is 3.00. The van der Waals surface area contributed by atoms with E-state index in [1.54, 1.807) is 13.2 Å². The summed E-state index contributed by atoms with van der Waals surface area (Å²) >= 11 is 0. The first kappa shape index (κ1) is 10.7. The third-order valence-corrected chi connectivity index (χ3v) is 1.64. The molecule has 1 rings (SSSR count). The van der Waals surface area contributed by atoms with Gasteiger partial charge in [0.1, 0.15) is 18.2 Å². The number of rotatable bonds is 4. The first-order valence-electron chi connectivity index (χ1n) is 4.18. The van der Waals surface area contributed by atoms with Crippen LogP contribution in [0.5, 0.6) is 0 Å². The number of ether oxygens (including phenoxy) is 1. The van der Waals surface area contributed by atoms with Gasteiger partial charge in [-0.25, -0.2) is 15.8 Å². The highest BCUT2D eigenvalue weighted by molar-refractivity contribution is 5.47. The molecule has 6 nitrogen and oxygen atoms in total. The number of hydrogen-bond donors (Lipinski definition) is 2. The molecule has 3 N–H and O–H groups in total. The molecule has 14 heavy (non-hydrogen) atoms. The van der Waals surface area contributed by atoms with Crippen LogP contribution in [0.4, 0.5) is 11.6 Å². The van der Waals surface area contributed by atoms with Crippen molar-refractivity contribution < 1.29 is 4.74 Å². The van der Waals surface area contributed by atoms with E-state index in [0.29, 0.717) is 18.2 Å². The predicted molar refractivity (Wildman–Crippen MR) is 54.9 cm³/mol. The number of nitrogens with zero attached hydrogens (tertiary/aromatic N) is 3. The van der Waals surface area contributed by atoms with Crippen molar-refractivity contribution in [2.45, 2.75) is 6.61 Å². The van der Waals surface area contributed by atoms with Crippen molar-refractivity contribution in [2.75, 3.05) is 31.5 Å². The minimum absolute atomic E-state index is 0.371. The summed E-state index contributed by atoms with van der Waals surface area (Å²) in [5, 5.41) is 0. The van der Waals surface area contributed by atoms with Crippen LogP contribution in [0.2, 0.25) is 0 Å². The Morgan fingerprint density at radius 3 is 2.71 bits per heavy atom. The molecule has 0 aromatic carbocycles. The highest BCUT2D eigenvalue weighted by atomic mass is 16.5. The van der Waals surface area contributed by atoms with Crippen molar-refractivity contribution >= 4 is 11.6 Å². The van der Waals surface area contributed by atoms with E-state index in [2.05, 4.69) is 15.4 Å². The number of nitrogen functional groups attached to an aromatic ring is 1. The second-order valence-electron chi connectivity index (χ2n) is 3.00. The van der Waals surface area contributed by atoms with Crippen LogP contribution in [0.1, 0.15) is 5.82 Å². The lowest BCUT2D eigenvalue weighted by Crippen LogP contribution is -2.16. The largest absolute Gasteiger partial charge is 0.377 e. The quantitative estimate of drug-likeness (QED) is 0.521. The molecule has 0 unspecified atom stereocenters. The maximum Gasteiger partial charge on any atom is 0.158 e. The Balaban J connectivity index is 3.00. The molecule has 0 saturated heterocycles. The molecule has 0 aliphatic heterocycles. The molecular formula is C8H15N5O. The van der Waals surface area contributed by atoms with Crippen LogP contribution in [-0.2, 0) is 11.3 Å². The highest BCUT2D eigenvalue weighted by Gasteiger charge is 2.04. The zero-order valence-corrected chi connectivity index (χ0v) is 8.61. The fourth-order valence-corrected chi connectivity index (χ4v) is 0.980. The summed E-state index contributed by atoms with van der Waals surface area (Å²) in [5.41, 5.74) is 2.49. The van der Waals surface area contributed by atoms with E-state index < -0.39 is 0 Å². The van der Waals surface area contributed by atoms with E-state index in [1.807, 2.05) is 19.0 Å². The van der Waals surface area contributed by atoms with Crippen LogP contribution in [0.15, 0.2) is 6.07 Å². The molecule has 0 amide bonds. The zero-order chi connectivity index (χ0) is 10.6. The third kappa shape index (κ3) is 2.54. The lowest BCUT2D eigenvalue weighted by atomic mass is 10.4. The SMILES string of the molecule is COCc1nc(NN)cc(N(C)C)n1. The molecule has 0 bridgehead atoms. The van der Waals surface area contributed by atoms with Gasteiger partial charge in [-0.2, -0.15) is 0 Å². The van der Waals surface area contributed by atoms with Crippen LogP contribution < -0.4 is 16.2 Å². The Labute approximate surface area is 83.1 Å². The summed E-state index contributed by atoms with van der Waals surface area (Å²) in [6.07, 6.45) is 0. The minimum atomic E-state index is 0.371. The van der Waals surface area contributed by atoms with Gasteiger partial charge in [0, 0.05) is 27.3 Å². The van der Waals surface area contributed by atoms with Gasteiger partial charge in [0.15, 0.2) is 5.82 Å². The molecule has 1 aromatic heterocycles. The Morgan fingerprint density at radius 1 is 1.50 bits per heavy atom. The van der Waals surface area contributed by atoms with Gasteiger partial charge in [0.05, 0.1) is 0 Å². The van der Waals surface area contributed by atoms with Gasteiger partial charge >= 0.3 is 0 Å². The van der Waals surface area contributed by atoms with E-state index in [9.17, 15) is 0 Å². The monoisotopic (exact) mass is 197 g/mol. The topological polar surface area (TPSA) is 76.3 Å². The standard InChI is InChI=1S/C8H15N5O/c1-13(2)8-4-6(12-9)10-7(11-8)5-14-3/h4H,5,9H2,1-3H3,(H,10,11,12). The van der Waals surface area contributed by atoms with Crippen LogP contribution in [-0.4, -0.2) is 31.2 Å². The lowest BCUT2D eigenvalue weighted by molar-refractivity contribution is 0.178. The van der Waals surface area contributed by atoms with Gasteiger partial charge in [0.2, 0.25) is 0 Å². The molecule has 0 aliphatic rings. The van der Waals surface area contributed by atoms with E-state index in [1.165, 1.54) is 0 Å². The summed E-state index contributed by atoms with van der Waals surface area (Å²) in [6.45, 7) is 0.371. The summed E-state index contributed by atoms with van der Waals surface area (Å²) in [4.78, 5) is 10.3. The van der Waals surface area contributed by atoms with E-state index in [-0.39, 0.29) is 0 Å². The smallest absolute Gasteiger partial charge is 0.158 e. The van der Waals surface area contributed by atoms with Crippen molar-refractivity contribution in [2.24, 2.45) is 5.84 Å². The maximum absolute atomic E-state index is 5.28. The Morgan fingerprint density at radius 2 is 2.21 bits per heavy atom. The Hall–Kier alpha value is -1.40. The highest BCUT2D eigenvalue weighted by Crippen LogP contribution is 2.12. The van der Waals surface area contributed by atoms with Gasteiger partial charge in [-0.15, -0.1) is 0 Å². The molecule has 0 fully saturated rings. The molecule has 1 aromatic rings. The molecule has 1 heterocycles. The fraction of sp³-hybridized carbons (Fsp3) is 0.500. The average Bonchev–Trinajstić information content (AvgIpc) is 2.17. The van der Waals surface area contributed by atoms with Crippen molar-refractivity contribution in [3.63, 3.8) is 0 Å². The fourth-order valence-electron chi connectivity index (χ4n) is 0.980. The summed E-state index contributed by atoms with van der Waals surface area (Å²) in [5.74, 6) is 7.26. The molecule has 0 saturated carbocycles. The first-order valence-corrected chi connectivity index (χ1v) is 4.18. The van der Waals surface area contributed by atoms with Gasteiger partial charge in [-0.05, 0) is 0 Å². The lowest BCUT2D eigenvalue weighted by Gasteiger charge is -2.13. The number of methoxy groups -OCH3 is 1. The molecule has 0 atom stereocenters. The van der Waals surface area contributed by atoms with Crippen LogP contribution >= 0.6 is 0 Å². The number of aromatic nitrogens is 2. The minimum Gasteiger partial charge on any atom is -0.377 e. The second kappa shape index (κ2) is 4.73. The van der Waals surface area contributed by atoms with Crippen molar-refractivity contribution in [1.82, 2.24) is 9.97 Å². The van der Waals surface area contributed by atoms with Crippen LogP contribution in [0.25, 0.3) is 0 Å². The third-order valence-electron chi connectivity index (χ3n) is 1.64. The molecule has 0 radical (unpaired) electrons. The van der Waals surface area contributed by atoms with Gasteiger partial charge in [0.25, 0.3) is 0 Å². The van der Waals surface area contributed by atoms with Crippen molar-refractivity contribution in [1.29, 1.82) is 0 Å². The Bertz CT molecular complexity index is 302. The number of anilines is 2. The van der Waals surface area contributed by atoms with Crippen molar-refractivity contribution in [3.05, 3.63) is 11.9 Å². The molecule has 6 heteroatoms. The number of nitrogens with two attached hydrogens (primary N) is 1. The van der Waals surface area contributed by atoms with E-state index >= 15 is 0 Å².